The molecule has 1 aromatic rings. The zero-order chi connectivity index (χ0) is 12.3. The number of furan rings is 1. The lowest BCUT2D eigenvalue weighted by atomic mass is 9.95. The molecule has 2 atom stereocenters. The van der Waals surface area contributed by atoms with Gasteiger partial charge in [-0.15, -0.1) is 24.8 Å². The lowest BCUT2D eigenvalue weighted by Crippen LogP contribution is -2.46. The van der Waals surface area contributed by atoms with Gasteiger partial charge in [0, 0.05) is 26.2 Å². The Bertz CT molecular complexity index is 353. The maximum absolute atomic E-state index is 5.89. The van der Waals surface area contributed by atoms with Crippen molar-refractivity contribution in [2.24, 2.45) is 5.92 Å². The monoisotopic (exact) mass is 328 g/mol. The van der Waals surface area contributed by atoms with Crippen LogP contribution in [0.4, 0.5) is 0 Å². The van der Waals surface area contributed by atoms with Gasteiger partial charge in [-0.1, -0.05) is 20.3 Å². The minimum Gasteiger partial charge on any atom is -0.448 e. The van der Waals surface area contributed by atoms with E-state index in [-0.39, 0.29) is 24.8 Å². The Balaban J connectivity index is 0.00000162. The minimum atomic E-state index is 0. The zero-order valence-corrected chi connectivity index (χ0v) is 13.8. The average Bonchev–Trinajstić information content (AvgIpc) is 2.77. The number of nitrogens with zero attached hydrogens (tertiary/aromatic N) is 1. The average molecular weight is 330 g/mol. The summed E-state index contributed by atoms with van der Waals surface area (Å²) in [6, 6.07) is 4.21. The predicted octanol–water partition coefficient (Wildman–Crippen LogP) is 3.77. The predicted molar refractivity (Wildman–Crippen MR) is 84.9 cm³/mol. The summed E-state index contributed by atoms with van der Waals surface area (Å²) in [6.45, 7) is 8.77. The van der Waals surface area contributed by atoms with E-state index in [9.17, 15) is 0 Å². The van der Waals surface area contributed by atoms with Crippen LogP contribution in [-0.2, 0) is 0 Å². The van der Waals surface area contributed by atoms with Gasteiger partial charge in [0.15, 0.2) is 5.22 Å². The van der Waals surface area contributed by atoms with E-state index >= 15 is 0 Å². The topological polar surface area (TPSA) is 28.4 Å². The van der Waals surface area contributed by atoms with E-state index in [1.165, 1.54) is 0 Å². The largest absolute Gasteiger partial charge is 0.448 e. The molecule has 2 heterocycles. The van der Waals surface area contributed by atoms with Crippen molar-refractivity contribution in [3.63, 3.8) is 0 Å². The second-order valence-electron chi connectivity index (χ2n) is 4.76. The van der Waals surface area contributed by atoms with Crippen molar-refractivity contribution in [3.05, 3.63) is 23.1 Å². The molecule has 1 aromatic heterocycles. The van der Waals surface area contributed by atoms with Gasteiger partial charge in [-0.05, 0) is 29.7 Å². The molecule has 0 spiro atoms. The van der Waals surface area contributed by atoms with E-state index in [1.54, 1.807) is 0 Å². The summed E-state index contributed by atoms with van der Waals surface area (Å²) >= 11 is 5.89. The molecule has 0 aromatic carbocycles. The van der Waals surface area contributed by atoms with Crippen LogP contribution in [0.15, 0.2) is 16.5 Å². The van der Waals surface area contributed by atoms with Crippen LogP contribution in [0.1, 0.15) is 32.1 Å². The molecule has 1 unspecified atom stereocenters. The molecular formula is C13H23Cl3N2O. The summed E-state index contributed by atoms with van der Waals surface area (Å²) in [7, 11) is 0. The third-order valence-corrected chi connectivity index (χ3v) is 3.82. The molecule has 0 amide bonds. The van der Waals surface area contributed by atoms with Gasteiger partial charge in [-0.25, -0.2) is 0 Å². The Morgan fingerprint density at radius 1 is 1.32 bits per heavy atom. The van der Waals surface area contributed by atoms with Gasteiger partial charge >= 0.3 is 0 Å². The van der Waals surface area contributed by atoms with E-state index in [2.05, 4.69) is 24.1 Å². The Kier molecular flexibility index (Phi) is 9.12. The molecule has 112 valence electrons. The molecule has 1 aliphatic rings. The molecule has 0 bridgehead atoms. The Morgan fingerprint density at radius 2 is 1.95 bits per heavy atom. The zero-order valence-electron chi connectivity index (χ0n) is 11.4. The quantitative estimate of drug-likeness (QED) is 0.911. The van der Waals surface area contributed by atoms with Gasteiger partial charge in [0.1, 0.15) is 5.76 Å². The first-order valence-electron chi connectivity index (χ1n) is 6.42. The van der Waals surface area contributed by atoms with Crippen molar-refractivity contribution < 1.29 is 4.42 Å². The lowest BCUT2D eigenvalue weighted by Gasteiger charge is -2.36. The summed E-state index contributed by atoms with van der Waals surface area (Å²) in [5.41, 5.74) is 0. The smallest absolute Gasteiger partial charge is 0.193 e. The molecule has 1 N–H and O–H groups in total. The maximum Gasteiger partial charge on any atom is 0.193 e. The molecule has 0 aliphatic carbocycles. The van der Waals surface area contributed by atoms with E-state index in [0.717, 1.165) is 38.4 Å². The fraction of sp³-hybridized carbons (Fsp3) is 0.692. The van der Waals surface area contributed by atoms with Crippen molar-refractivity contribution in [1.29, 1.82) is 0 Å². The number of rotatable bonds is 4. The molecule has 3 nitrogen and oxygen atoms in total. The normalized spacial score (nSPS) is 19.1. The molecule has 0 saturated carbocycles. The highest BCUT2D eigenvalue weighted by molar-refractivity contribution is 6.28. The van der Waals surface area contributed by atoms with E-state index < -0.39 is 0 Å². The first kappa shape index (κ1) is 19.1. The molecule has 19 heavy (non-hydrogen) atoms. The highest BCUT2D eigenvalue weighted by Gasteiger charge is 2.28. The maximum atomic E-state index is 5.89. The molecule has 2 rings (SSSR count). The van der Waals surface area contributed by atoms with Gasteiger partial charge in [0.25, 0.3) is 0 Å². The molecule has 1 fully saturated rings. The van der Waals surface area contributed by atoms with Gasteiger partial charge in [0.2, 0.25) is 0 Å². The summed E-state index contributed by atoms with van der Waals surface area (Å²) in [5.74, 6) is 1.58. The van der Waals surface area contributed by atoms with Crippen LogP contribution in [0.5, 0.6) is 0 Å². The molecular weight excluding hydrogens is 307 g/mol. The van der Waals surface area contributed by atoms with E-state index in [0.29, 0.717) is 17.2 Å². The number of hydrogen-bond donors (Lipinski definition) is 1. The molecule has 1 saturated heterocycles. The van der Waals surface area contributed by atoms with Crippen molar-refractivity contribution in [3.8, 4) is 0 Å². The van der Waals surface area contributed by atoms with Crippen molar-refractivity contribution in [2.45, 2.75) is 26.3 Å². The summed E-state index contributed by atoms with van der Waals surface area (Å²) in [4.78, 5) is 2.50. The van der Waals surface area contributed by atoms with Gasteiger partial charge < -0.3 is 9.73 Å². The highest BCUT2D eigenvalue weighted by Crippen LogP contribution is 2.33. The molecule has 6 heteroatoms. The Labute approximate surface area is 132 Å². The second kappa shape index (κ2) is 9.09. The fourth-order valence-electron chi connectivity index (χ4n) is 2.49. The van der Waals surface area contributed by atoms with Crippen molar-refractivity contribution >= 4 is 36.4 Å². The minimum absolute atomic E-state index is 0. The molecule has 1 aliphatic heterocycles. The van der Waals surface area contributed by atoms with Crippen LogP contribution in [0, 0.1) is 5.92 Å². The number of hydrogen-bond acceptors (Lipinski definition) is 3. The Morgan fingerprint density at radius 3 is 2.42 bits per heavy atom. The Hall–Kier alpha value is 0.0700. The fourth-order valence-corrected chi connectivity index (χ4v) is 2.64. The molecule has 0 radical (unpaired) electrons. The van der Waals surface area contributed by atoms with E-state index in [4.69, 9.17) is 16.0 Å². The number of nitrogens with one attached hydrogen (secondary N) is 1. The van der Waals surface area contributed by atoms with Gasteiger partial charge in [-0.3, -0.25) is 4.90 Å². The number of piperazine rings is 1. The lowest BCUT2D eigenvalue weighted by molar-refractivity contribution is 0.110. The summed E-state index contributed by atoms with van der Waals surface area (Å²) in [6.07, 6.45) is 1.15. The third-order valence-electron chi connectivity index (χ3n) is 3.61. The van der Waals surface area contributed by atoms with Crippen LogP contribution in [-0.4, -0.2) is 31.1 Å². The van der Waals surface area contributed by atoms with Crippen molar-refractivity contribution in [2.75, 3.05) is 26.2 Å². The van der Waals surface area contributed by atoms with Gasteiger partial charge in [0.05, 0.1) is 6.04 Å². The SMILES string of the molecule is CCC(C)[C@H](c1ccc(Cl)o1)N1CCNCC1.Cl.Cl. The van der Waals surface area contributed by atoms with Crippen LogP contribution >= 0.6 is 36.4 Å². The first-order valence-corrected chi connectivity index (χ1v) is 6.80. The summed E-state index contributed by atoms with van der Waals surface area (Å²) in [5, 5.41) is 3.87. The van der Waals surface area contributed by atoms with E-state index in [1.807, 2.05) is 12.1 Å². The number of halogens is 3. The standard InChI is InChI=1S/C13H21ClN2O.2ClH/c1-3-10(2)13(11-4-5-12(14)17-11)16-8-6-15-7-9-16;;/h4-5,10,13,15H,3,6-9H2,1-2H3;2*1H/t10?,13-;;/m1../s1. The van der Waals surface area contributed by atoms with Gasteiger partial charge in [-0.2, -0.15) is 0 Å². The first-order chi connectivity index (χ1) is 8.22. The van der Waals surface area contributed by atoms with Crippen LogP contribution < -0.4 is 5.32 Å². The highest BCUT2D eigenvalue weighted by atomic mass is 35.5. The van der Waals surface area contributed by atoms with Crippen molar-refractivity contribution in [1.82, 2.24) is 10.2 Å². The second-order valence-corrected chi connectivity index (χ2v) is 5.13. The third kappa shape index (κ3) is 4.83. The van der Waals surface area contributed by atoms with Crippen LogP contribution in [0.3, 0.4) is 0 Å². The van der Waals surface area contributed by atoms with Crippen LogP contribution in [0.25, 0.3) is 0 Å². The summed E-state index contributed by atoms with van der Waals surface area (Å²) < 4.78 is 5.63. The van der Waals surface area contributed by atoms with Crippen LogP contribution in [0.2, 0.25) is 5.22 Å².